The van der Waals surface area contributed by atoms with Crippen LogP contribution in [0.3, 0.4) is 0 Å². The number of nitrogens with zero attached hydrogens (tertiary/aromatic N) is 2. The van der Waals surface area contributed by atoms with Gasteiger partial charge in [-0.25, -0.2) is 4.98 Å². The van der Waals surface area contributed by atoms with Gasteiger partial charge in [0.05, 0.1) is 7.11 Å². The second kappa shape index (κ2) is 11.4. The lowest BCUT2D eigenvalue weighted by molar-refractivity contribution is -0.142. The van der Waals surface area contributed by atoms with E-state index >= 15 is 0 Å². The average Bonchev–Trinajstić information content (AvgIpc) is 2.75. The Balaban J connectivity index is 0.00000136. The van der Waals surface area contributed by atoms with E-state index in [-0.39, 0.29) is 0 Å². The van der Waals surface area contributed by atoms with Crippen LogP contribution in [0.1, 0.15) is 49.2 Å². The van der Waals surface area contributed by atoms with Crippen LogP contribution in [-0.2, 0) is 35.2 Å². The Morgan fingerprint density at radius 2 is 1.96 bits per heavy atom. The number of nitrogens with two attached hydrogens (primary N) is 1. The van der Waals surface area contributed by atoms with E-state index in [1.54, 1.807) is 6.20 Å². The lowest BCUT2D eigenvalue weighted by Crippen LogP contribution is -2.33. The Labute approximate surface area is 167 Å². The molecule has 0 amide bonds. The van der Waals surface area contributed by atoms with Crippen molar-refractivity contribution in [2.45, 2.75) is 58.4 Å². The molecule has 2 aromatic heterocycles. The quantitative estimate of drug-likeness (QED) is 0.713. The molecule has 3 N–H and O–H groups in total. The first-order valence-corrected chi connectivity index (χ1v) is 10.2. The van der Waals surface area contributed by atoms with Gasteiger partial charge in [0.25, 0.3) is 0 Å². The minimum absolute atomic E-state index is 0.402. The number of aryl methyl sites for hydroxylation is 3. The number of pyridine rings is 2. The fourth-order valence-electron chi connectivity index (χ4n) is 3.17. The van der Waals surface area contributed by atoms with E-state index in [1.165, 1.54) is 19.1 Å². The third-order valence-corrected chi connectivity index (χ3v) is 4.66. The molecule has 6 heteroatoms. The lowest BCUT2D eigenvalue weighted by Gasteiger charge is -2.17. The maximum absolute atomic E-state index is 11.4. The number of aromatic nitrogens is 2. The van der Waals surface area contributed by atoms with Crippen LogP contribution in [0, 0.1) is 0 Å². The number of esters is 1. The highest BCUT2D eigenvalue weighted by atomic mass is 16.5. The Morgan fingerprint density at radius 1 is 1.21 bits per heavy atom. The summed E-state index contributed by atoms with van der Waals surface area (Å²) in [5, 5.41) is 3.38. The summed E-state index contributed by atoms with van der Waals surface area (Å²) in [6, 6.07) is 7.67. The van der Waals surface area contributed by atoms with E-state index in [1.807, 2.05) is 26.0 Å². The van der Waals surface area contributed by atoms with Gasteiger partial charge < -0.3 is 15.8 Å². The van der Waals surface area contributed by atoms with Gasteiger partial charge in [0.1, 0.15) is 11.9 Å². The van der Waals surface area contributed by atoms with Crippen molar-refractivity contribution in [1.82, 2.24) is 9.97 Å². The first kappa shape index (κ1) is 21.8. The SMILES string of the molecule is CC.COC(=O)C(N)Cc1ccc(CCCc2ccc3c(n2)NCCC3)nc1. The number of anilines is 1. The third-order valence-electron chi connectivity index (χ3n) is 4.66. The molecule has 28 heavy (non-hydrogen) atoms. The molecule has 0 saturated carbocycles. The van der Waals surface area contributed by atoms with Crippen LogP contribution >= 0.6 is 0 Å². The standard InChI is InChI=1S/C20H26N4O2.C2H6/c1-26-20(25)18(21)12-14-7-9-16(23-13-14)5-2-6-17-10-8-15-4-3-11-22-19(15)24-17;1-2/h7-10,13,18H,2-6,11-12,21H2,1H3,(H,22,24);1-2H3. The van der Waals surface area contributed by atoms with Crippen LogP contribution in [0.2, 0.25) is 0 Å². The van der Waals surface area contributed by atoms with E-state index in [0.29, 0.717) is 6.42 Å². The summed E-state index contributed by atoms with van der Waals surface area (Å²) >= 11 is 0. The van der Waals surface area contributed by atoms with Gasteiger partial charge in [-0.15, -0.1) is 0 Å². The molecule has 1 aliphatic rings. The van der Waals surface area contributed by atoms with Crippen molar-refractivity contribution in [2.24, 2.45) is 5.73 Å². The van der Waals surface area contributed by atoms with Gasteiger partial charge in [0.15, 0.2) is 0 Å². The highest BCUT2D eigenvalue weighted by Crippen LogP contribution is 2.20. The number of carbonyl (C=O) groups excluding carboxylic acids is 1. The zero-order chi connectivity index (χ0) is 20.4. The first-order valence-electron chi connectivity index (χ1n) is 10.2. The Hall–Kier alpha value is -2.47. The van der Waals surface area contributed by atoms with E-state index < -0.39 is 12.0 Å². The molecule has 1 aliphatic heterocycles. The molecule has 0 radical (unpaired) electrons. The fourth-order valence-corrected chi connectivity index (χ4v) is 3.17. The number of nitrogens with one attached hydrogen (secondary N) is 1. The Kier molecular flexibility index (Phi) is 8.88. The van der Waals surface area contributed by atoms with Crippen LogP contribution in [0.25, 0.3) is 0 Å². The third kappa shape index (κ3) is 6.30. The number of rotatable bonds is 7. The molecule has 152 valence electrons. The number of methoxy groups -OCH3 is 1. The number of hydrogen-bond acceptors (Lipinski definition) is 6. The van der Waals surface area contributed by atoms with Crippen molar-refractivity contribution in [3.8, 4) is 0 Å². The van der Waals surface area contributed by atoms with Crippen LogP contribution in [0.4, 0.5) is 5.82 Å². The lowest BCUT2D eigenvalue weighted by atomic mass is 10.0. The first-order chi connectivity index (χ1) is 13.7. The second-order valence-corrected chi connectivity index (χ2v) is 6.69. The summed E-state index contributed by atoms with van der Waals surface area (Å²) in [6.45, 7) is 5.01. The summed E-state index contributed by atoms with van der Waals surface area (Å²) in [6.07, 6.45) is 7.36. The van der Waals surface area contributed by atoms with Crippen molar-refractivity contribution >= 4 is 11.8 Å². The Bertz CT molecular complexity index is 747. The summed E-state index contributed by atoms with van der Waals surface area (Å²) in [4.78, 5) is 20.6. The maximum Gasteiger partial charge on any atom is 0.322 e. The monoisotopic (exact) mass is 384 g/mol. The summed E-state index contributed by atoms with van der Waals surface area (Å²) in [5.41, 5.74) is 10.2. The van der Waals surface area contributed by atoms with Gasteiger partial charge in [-0.05, 0) is 61.8 Å². The normalized spacial score (nSPS) is 13.4. The van der Waals surface area contributed by atoms with E-state index in [4.69, 9.17) is 10.7 Å². The molecule has 6 nitrogen and oxygen atoms in total. The smallest absolute Gasteiger partial charge is 0.322 e. The molecule has 0 spiro atoms. The zero-order valence-corrected chi connectivity index (χ0v) is 17.2. The molecule has 0 fully saturated rings. The minimum Gasteiger partial charge on any atom is -0.468 e. The molecule has 0 saturated heterocycles. The van der Waals surface area contributed by atoms with Crippen LogP contribution in [0.5, 0.6) is 0 Å². The molecule has 0 aliphatic carbocycles. The summed E-state index contributed by atoms with van der Waals surface area (Å²) in [5.74, 6) is 0.652. The Morgan fingerprint density at radius 3 is 2.68 bits per heavy atom. The van der Waals surface area contributed by atoms with Crippen LogP contribution < -0.4 is 11.1 Å². The predicted octanol–water partition coefficient (Wildman–Crippen LogP) is 3.08. The second-order valence-electron chi connectivity index (χ2n) is 6.69. The number of carbonyl (C=O) groups is 1. The molecule has 0 aromatic carbocycles. The maximum atomic E-state index is 11.4. The topological polar surface area (TPSA) is 90.1 Å². The van der Waals surface area contributed by atoms with E-state index in [9.17, 15) is 4.79 Å². The molecule has 3 heterocycles. The highest BCUT2D eigenvalue weighted by molar-refractivity contribution is 5.75. The zero-order valence-electron chi connectivity index (χ0n) is 17.2. The predicted molar refractivity (Wildman–Crippen MR) is 112 cm³/mol. The molecule has 1 atom stereocenters. The van der Waals surface area contributed by atoms with Crippen molar-refractivity contribution in [1.29, 1.82) is 0 Å². The van der Waals surface area contributed by atoms with Crippen molar-refractivity contribution in [3.63, 3.8) is 0 Å². The molecule has 3 rings (SSSR count). The molecule has 0 bridgehead atoms. The summed E-state index contributed by atoms with van der Waals surface area (Å²) in [7, 11) is 1.34. The highest BCUT2D eigenvalue weighted by Gasteiger charge is 2.14. The molecule has 1 unspecified atom stereocenters. The largest absolute Gasteiger partial charge is 0.468 e. The number of hydrogen-bond donors (Lipinski definition) is 2. The minimum atomic E-state index is -0.642. The number of ether oxygens (including phenoxy) is 1. The van der Waals surface area contributed by atoms with Gasteiger partial charge in [-0.2, -0.15) is 0 Å². The van der Waals surface area contributed by atoms with Gasteiger partial charge in [0.2, 0.25) is 0 Å². The van der Waals surface area contributed by atoms with Gasteiger partial charge in [-0.1, -0.05) is 26.0 Å². The molecular formula is C22H32N4O2. The van der Waals surface area contributed by atoms with Gasteiger partial charge in [0, 0.05) is 24.1 Å². The van der Waals surface area contributed by atoms with Crippen LogP contribution in [0.15, 0.2) is 30.5 Å². The average molecular weight is 385 g/mol. The van der Waals surface area contributed by atoms with E-state index in [0.717, 1.165) is 55.0 Å². The van der Waals surface area contributed by atoms with Crippen LogP contribution in [-0.4, -0.2) is 35.6 Å². The molecule has 2 aromatic rings. The van der Waals surface area contributed by atoms with Gasteiger partial charge in [-0.3, -0.25) is 9.78 Å². The van der Waals surface area contributed by atoms with E-state index in [2.05, 4.69) is 27.2 Å². The number of fused-ring (bicyclic) bond motifs is 1. The molecular weight excluding hydrogens is 352 g/mol. The van der Waals surface area contributed by atoms with Crippen molar-refractivity contribution in [3.05, 3.63) is 53.0 Å². The van der Waals surface area contributed by atoms with Crippen molar-refractivity contribution in [2.75, 3.05) is 19.0 Å². The van der Waals surface area contributed by atoms with Gasteiger partial charge >= 0.3 is 5.97 Å². The van der Waals surface area contributed by atoms with Crippen molar-refractivity contribution < 1.29 is 9.53 Å². The fraction of sp³-hybridized carbons (Fsp3) is 0.500. The summed E-state index contributed by atoms with van der Waals surface area (Å²) < 4.78 is 4.64.